The predicted molar refractivity (Wildman–Crippen MR) is 129 cm³/mol. The summed E-state index contributed by atoms with van der Waals surface area (Å²) in [5.41, 5.74) is 2.12. The van der Waals surface area contributed by atoms with Crippen molar-refractivity contribution in [1.29, 1.82) is 0 Å². The molecule has 0 bridgehead atoms. The fraction of sp³-hybridized carbons (Fsp3) is 0.625. The summed E-state index contributed by atoms with van der Waals surface area (Å²) in [6.07, 6.45) is 0.942. The number of nitrogens with zero attached hydrogens (tertiary/aromatic N) is 1. The van der Waals surface area contributed by atoms with E-state index >= 15 is 0 Å². The molecule has 1 saturated carbocycles. The summed E-state index contributed by atoms with van der Waals surface area (Å²) in [6, 6.07) is 3.94. The summed E-state index contributed by atoms with van der Waals surface area (Å²) in [5.74, 6) is -0.477. The van der Waals surface area contributed by atoms with E-state index in [9.17, 15) is 14.4 Å². The summed E-state index contributed by atoms with van der Waals surface area (Å²) >= 11 is 4.31. The number of alkyl carbamates (subject to hydrolysis) is 1. The minimum absolute atomic E-state index is 0.0619. The summed E-state index contributed by atoms with van der Waals surface area (Å²) in [6.45, 7) is 13.0. The highest BCUT2D eigenvalue weighted by Crippen LogP contribution is 2.37. The van der Waals surface area contributed by atoms with Crippen LogP contribution in [-0.2, 0) is 14.3 Å². The molecular formula is C24H37N3O4S. The van der Waals surface area contributed by atoms with Crippen LogP contribution in [-0.4, -0.2) is 52.3 Å². The average molecular weight is 464 g/mol. The van der Waals surface area contributed by atoms with Crippen molar-refractivity contribution in [3.63, 3.8) is 0 Å². The Kier molecular flexibility index (Phi) is 8.62. The molecule has 0 saturated heterocycles. The Morgan fingerprint density at radius 2 is 1.78 bits per heavy atom. The van der Waals surface area contributed by atoms with Gasteiger partial charge in [-0.15, -0.1) is 0 Å². The largest absolute Gasteiger partial charge is 0.444 e. The van der Waals surface area contributed by atoms with Gasteiger partial charge in [0.1, 0.15) is 17.7 Å². The van der Waals surface area contributed by atoms with Crippen LogP contribution in [0.25, 0.3) is 0 Å². The van der Waals surface area contributed by atoms with Crippen molar-refractivity contribution in [3.8, 4) is 0 Å². The number of hydrogen-bond donors (Lipinski definition) is 3. The lowest BCUT2D eigenvalue weighted by molar-refractivity contribution is -0.143. The van der Waals surface area contributed by atoms with Gasteiger partial charge in [-0.2, -0.15) is 12.6 Å². The van der Waals surface area contributed by atoms with E-state index in [1.54, 1.807) is 25.7 Å². The van der Waals surface area contributed by atoms with Gasteiger partial charge < -0.3 is 20.3 Å². The Labute approximate surface area is 197 Å². The number of rotatable bonds is 8. The first-order valence-corrected chi connectivity index (χ1v) is 11.8. The molecule has 7 nitrogen and oxygen atoms in total. The summed E-state index contributed by atoms with van der Waals surface area (Å²) in [7, 11) is 0. The van der Waals surface area contributed by atoms with E-state index in [0.29, 0.717) is 0 Å². The van der Waals surface area contributed by atoms with Crippen molar-refractivity contribution < 1.29 is 19.1 Å². The molecule has 2 N–H and O–H groups in total. The molecule has 2 unspecified atom stereocenters. The van der Waals surface area contributed by atoms with Gasteiger partial charge in [-0.05, 0) is 78.0 Å². The zero-order valence-corrected chi connectivity index (χ0v) is 21.1. The van der Waals surface area contributed by atoms with Gasteiger partial charge in [0.25, 0.3) is 0 Å². The average Bonchev–Trinajstić information content (AvgIpc) is 3.49. The first-order valence-electron chi connectivity index (χ1n) is 11.1. The first-order chi connectivity index (χ1) is 14.9. The van der Waals surface area contributed by atoms with Crippen molar-refractivity contribution in [2.75, 3.05) is 5.75 Å². The van der Waals surface area contributed by atoms with E-state index in [-0.39, 0.29) is 29.7 Å². The molecule has 178 valence electrons. The number of thiol groups is 1. The molecule has 1 aromatic carbocycles. The van der Waals surface area contributed by atoms with E-state index in [2.05, 4.69) is 23.3 Å². The van der Waals surface area contributed by atoms with Crippen LogP contribution in [0.4, 0.5) is 4.79 Å². The molecule has 2 rings (SSSR count). The van der Waals surface area contributed by atoms with Gasteiger partial charge >= 0.3 is 6.09 Å². The SMILES string of the molecule is Cc1cccc(C(C(=O)NC(C)C)N(C(=O)C(CS)NC(=O)OC(C)(C)C)C2CC2)c1C. The Morgan fingerprint density at radius 3 is 2.28 bits per heavy atom. The smallest absolute Gasteiger partial charge is 0.408 e. The number of carbonyl (C=O) groups excluding carboxylic acids is 3. The molecule has 1 aliphatic carbocycles. The van der Waals surface area contributed by atoms with Crippen molar-refractivity contribution in [3.05, 3.63) is 34.9 Å². The summed E-state index contributed by atoms with van der Waals surface area (Å²) in [4.78, 5) is 41.0. The molecule has 0 radical (unpaired) electrons. The zero-order valence-electron chi connectivity index (χ0n) is 20.2. The number of hydrogen-bond acceptors (Lipinski definition) is 5. The molecule has 8 heteroatoms. The third-order valence-electron chi connectivity index (χ3n) is 5.26. The predicted octanol–water partition coefficient (Wildman–Crippen LogP) is 3.68. The molecule has 2 atom stereocenters. The van der Waals surface area contributed by atoms with Crippen LogP contribution in [0.5, 0.6) is 0 Å². The lowest BCUT2D eigenvalue weighted by Crippen LogP contribution is -2.55. The monoisotopic (exact) mass is 463 g/mol. The minimum Gasteiger partial charge on any atom is -0.444 e. The van der Waals surface area contributed by atoms with E-state index in [4.69, 9.17) is 4.74 Å². The van der Waals surface area contributed by atoms with Crippen LogP contribution >= 0.6 is 12.6 Å². The molecule has 3 amide bonds. The van der Waals surface area contributed by atoms with Gasteiger partial charge in [0.2, 0.25) is 11.8 Å². The van der Waals surface area contributed by atoms with E-state index in [0.717, 1.165) is 29.5 Å². The van der Waals surface area contributed by atoms with Crippen LogP contribution in [0.1, 0.15) is 70.2 Å². The van der Waals surface area contributed by atoms with Gasteiger partial charge in [-0.1, -0.05) is 18.2 Å². The summed E-state index contributed by atoms with van der Waals surface area (Å²) in [5, 5.41) is 5.61. The minimum atomic E-state index is -0.909. The van der Waals surface area contributed by atoms with Crippen LogP contribution in [0, 0.1) is 13.8 Å². The second-order valence-electron chi connectivity index (χ2n) is 9.71. The molecular weight excluding hydrogens is 426 g/mol. The maximum atomic E-state index is 13.7. The van der Waals surface area contributed by atoms with Crippen molar-refractivity contribution in [2.24, 2.45) is 0 Å². The van der Waals surface area contributed by atoms with Crippen LogP contribution < -0.4 is 10.6 Å². The molecule has 0 aromatic heterocycles. The van der Waals surface area contributed by atoms with Crippen LogP contribution in [0.15, 0.2) is 18.2 Å². The van der Waals surface area contributed by atoms with Gasteiger partial charge in [0, 0.05) is 17.8 Å². The molecule has 0 spiro atoms. The molecule has 1 aromatic rings. The van der Waals surface area contributed by atoms with Gasteiger partial charge in [0.05, 0.1) is 0 Å². The van der Waals surface area contributed by atoms with Crippen molar-refractivity contribution >= 4 is 30.5 Å². The Morgan fingerprint density at radius 1 is 1.16 bits per heavy atom. The van der Waals surface area contributed by atoms with E-state index < -0.39 is 23.8 Å². The number of amides is 3. The Bertz CT molecular complexity index is 846. The fourth-order valence-corrected chi connectivity index (χ4v) is 3.78. The first kappa shape index (κ1) is 26.0. The zero-order chi connectivity index (χ0) is 24.2. The van der Waals surface area contributed by atoms with Crippen molar-refractivity contribution in [1.82, 2.24) is 15.5 Å². The molecule has 0 heterocycles. The maximum absolute atomic E-state index is 13.7. The number of benzene rings is 1. The maximum Gasteiger partial charge on any atom is 0.408 e. The highest BCUT2D eigenvalue weighted by Gasteiger charge is 2.44. The number of carbonyl (C=O) groups is 3. The second kappa shape index (κ2) is 10.6. The van der Waals surface area contributed by atoms with Gasteiger partial charge in [-0.3, -0.25) is 9.59 Å². The number of aryl methyl sites for hydroxylation is 1. The Balaban J connectivity index is 2.43. The quantitative estimate of drug-likeness (QED) is 0.513. The molecule has 0 aliphatic heterocycles. The van der Waals surface area contributed by atoms with Gasteiger partial charge in [0.15, 0.2) is 0 Å². The highest BCUT2D eigenvalue weighted by atomic mass is 32.1. The summed E-state index contributed by atoms with van der Waals surface area (Å²) < 4.78 is 5.32. The topological polar surface area (TPSA) is 87.7 Å². The normalized spacial score (nSPS) is 15.7. The molecule has 1 fully saturated rings. The lowest BCUT2D eigenvalue weighted by Gasteiger charge is -2.35. The fourth-order valence-electron chi connectivity index (χ4n) is 3.54. The van der Waals surface area contributed by atoms with Crippen molar-refractivity contribution in [2.45, 2.75) is 91.1 Å². The van der Waals surface area contributed by atoms with E-state index in [1.807, 2.05) is 45.9 Å². The molecule has 32 heavy (non-hydrogen) atoms. The number of ether oxygens (including phenoxy) is 1. The highest BCUT2D eigenvalue weighted by molar-refractivity contribution is 7.80. The second-order valence-corrected chi connectivity index (χ2v) is 10.1. The van der Waals surface area contributed by atoms with Crippen LogP contribution in [0.3, 0.4) is 0 Å². The van der Waals surface area contributed by atoms with Gasteiger partial charge in [-0.25, -0.2) is 4.79 Å². The molecule has 1 aliphatic rings. The third kappa shape index (κ3) is 6.89. The van der Waals surface area contributed by atoms with E-state index in [1.165, 1.54) is 0 Å². The Hall–Kier alpha value is -2.22. The standard InChI is InChI=1S/C24H37N3O4S/c1-14(2)25-21(28)20(18-10-8-9-15(3)16(18)4)27(17-11-12-17)22(29)19(13-32)26-23(30)31-24(5,6)7/h8-10,14,17,19-20,32H,11-13H2,1-7H3,(H,25,28)(H,26,30). The number of nitrogens with one attached hydrogen (secondary N) is 2. The lowest BCUT2D eigenvalue weighted by atomic mass is 9.95. The van der Waals surface area contributed by atoms with Crippen LogP contribution in [0.2, 0.25) is 0 Å². The third-order valence-corrected chi connectivity index (χ3v) is 5.63.